The van der Waals surface area contributed by atoms with Crippen LogP contribution >= 0.6 is 22.9 Å². The first-order valence-electron chi connectivity index (χ1n) is 6.58. The average Bonchev–Trinajstić information content (AvgIpc) is 3.12. The SMILES string of the molecule is N=C(N)c1c(Cl)cccc1N(Cc1cccs1)C1CC1. The topological polar surface area (TPSA) is 53.1 Å². The first kappa shape index (κ1) is 13.5. The van der Waals surface area contributed by atoms with Crippen LogP contribution in [0.25, 0.3) is 0 Å². The molecule has 1 heterocycles. The van der Waals surface area contributed by atoms with E-state index in [4.69, 9.17) is 22.7 Å². The number of thiophene rings is 1. The zero-order valence-corrected chi connectivity index (χ0v) is 12.5. The van der Waals surface area contributed by atoms with Gasteiger partial charge in [0.2, 0.25) is 0 Å². The molecule has 1 fully saturated rings. The van der Waals surface area contributed by atoms with Crippen molar-refractivity contribution in [3.63, 3.8) is 0 Å². The Morgan fingerprint density at radius 1 is 1.35 bits per heavy atom. The van der Waals surface area contributed by atoms with Crippen molar-refractivity contribution < 1.29 is 0 Å². The Bertz CT molecular complexity index is 620. The molecule has 2 aromatic rings. The number of benzene rings is 1. The third-order valence-corrected chi connectivity index (χ3v) is 4.64. The van der Waals surface area contributed by atoms with Gasteiger partial charge in [-0.3, -0.25) is 5.41 Å². The number of anilines is 1. The van der Waals surface area contributed by atoms with Gasteiger partial charge in [-0.1, -0.05) is 23.7 Å². The minimum absolute atomic E-state index is 0.0300. The molecule has 1 aliphatic carbocycles. The van der Waals surface area contributed by atoms with E-state index >= 15 is 0 Å². The number of rotatable bonds is 5. The van der Waals surface area contributed by atoms with E-state index in [0.717, 1.165) is 12.2 Å². The van der Waals surface area contributed by atoms with Gasteiger partial charge in [0.15, 0.2) is 0 Å². The zero-order valence-electron chi connectivity index (χ0n) is 11.0. The second-order valence-corrected chi connectivity index (χ2v) is 6.43. The van der Waals surface area contributed by atoms with Gasteiger partial charge in [-0.05, 0) is 36.4 Å². The Morgan fingerprint density at radius 2 is 2.15 bits per heavy atom. The number of nitrogen functional groups attached to an aromatic ring is 1. The molecule has 0 amide bonds. The van der Waals surface area contributed by atoms with Crippen LogP contribution in [0.2, 0.25) is 5.02 Å². The van der Waals surface area contributed by atoms with Gasteiger partial charge in [0, 0.05) is 16.6 Å². The van der Waals surface area contributed by atoms with E-state index in [9.17, 15) is 0 Å². The van der Waals surface area contributed by atoms with Gasteiger partial charge in [-0.15, -0.1) is 11.3 Å². The lowest BCUT2D eigenvalue weighted by molar-refractivity contribution is 0.802. The van der Waals surface area contributed by atoms with Gasteiger partial charge < -0.3 is 10.6 Å². The number of nitrogens with two attached hydrogens (primary N) is 1. The number of halogens is 1. The van der Waals surface area contributed by atoms with Crippen molar-refractivity contribution in [1.82, 2.24) is 0 Å². The van der Waals surface area contributed by atoms with Crippen LogP contribution in [0.1, 0.15) is 23.3 Å². The molecule has 0 radical (unpaired) electrons. The lowest BCUT2D eigenvalue weighted by atomic mass is 10.1. The van der Waals surface area contributed by atoms with Gasteiger partial charge in [0.05, 0.1) is 17.1 Å². The van der Waals surface area contributed by atoms with Crippen molar-refractivity contribution in [2.24, 2.45) is 5.73 Å². The zero-order chi connectivity index (χ0) is 14.1. The van der Waals surface area contributed by atoms with Crippen molar-refractivity contribution >= 4 is 34.5 Å². The maximum atomic E-state index is 7.79. The predicted octanol–water partition coefficient (Wildman–Crippen LogP) is 3.85. The monoisotopic (exact) mass is 305 g/mol. The van der Waals surface area contributed by atoms with Gasteiger partial charge in [0.25, 0.3) is 0 Å². The van der Waals surface area contributed by atoms with Crippen LogP contribution in [0, 0.1) is 5.41 Å². The predicted molar refractivity (Wildman–Crippen MR) is 86.0 cm³/mol. The molecule has 20 heavy (non-hydrogen) atoms. The Hall–Kier alpha value is -1.52. The van der Waals surface area contributed by atoms with E-state index in [1.165, 1.54) is 17.7 Å². The van der Waals surface area contributed by atoms with Crippen LogP contribution in [0.4, 0.5) is 5.69 Å². The molecule has 0 unspecified atom stereocenters. The van der Waals surface area contributed by atoms with E-state index in [1.54, 1.807) is 17.4 Å². The van der Waals surface area contributed by atoms with Crippen molar-refractivity contribution in [2.45, 2.75) is 25.4 Å². The van der Waals surface area contributed by atoms with Crippen LogP contribution in [0.3, 0.4) is 0 Å². The number of amidine groups is 1. The van der Waals surface area contributed by atoms with E-state index in [2.05, 4.69) is 22.4 Å². The molecule has 5 heteroatoms. The van der Waals surface area contributed by atoms with Crippen molar-refractivity contribution in [3.05, 3.63) is 51.2 Å². The molecule has 1 saturated carbocycles. The molecular formula is C15H16ClN3S. The summed E-state index contributed by atoms with van der Waals surface area (Å²) in [7, 11) is 0. The first-order chi connectivity index (χ1) is 9.66. The molecule has 1 aromatic carbocycles. The fourth-order valence-corrected chi connectivity index (χ4v) is 3.36. The molecule has 0 aliphatic heterocycles. The molecule has 0 saturated heterocycles. The fraction of sp³-hybridized carbons (Fsp3) is 0.267. The number of nitrogens with one attached hydrogen (secondary N) is 1. The molecule has 3 rings (SSSR count). The van der Waals surface area contributed by atoms with E-state index in [-0.39, 0.29) is 5.84 Å². The van der Waals surface area contributed by atoms with Crippen LogP contribution in [0.5, 0.6) is 0 Å². The summed E-state index contributed by atoms with van der Waals surface area (Å²) in [5.74, 6) is 0.0300. The second-order valence-electron chi connectivity index (χ2n) is 4.99. The van der Waals surface area contributed by atoms with Crippen LogP contribution in [-0.2, 0) is 6.54 Å². The number of hydrogen-bond donors (Lipinski definition) is 2. The second kappa shape index (κ2) is 5.46. The Balaban J connectivity index is 1.99. The first-order valence-corrected chi connectivity index (χ1v) is 7.84. The number of hydrogen-bond acceptors (Lipinski definition) is 3. The molecule has 0 bridgehead atoms. The quantitative estimate of drug-likeness (QED) is 0.651. The highest BCUT2D eigenvalue weighted by molar-refractivity contribution is 7.09. The molecule has 104 valence electrons. The standard InChI is InChI=1S/C15H16ClN3S/c16-12-4-1-5-13(14(12)15(17)18)19(10-6-7-10)9-11-3-2-8-20-11/h1-5,8,10H,6-7,9H2,(H3,17,18). The van der Waals surface area contributed by atoms with Crippen LogP contribution in [0.15, 0.2) is 35.7 Å². The molecule has 3 N–H and O–H groups in total. The van der Waals surface area contributed by atoms with Gasteiger partial charge in [-0.25, -0.2) is 0 Å². The summed E-state index contributed by atoms with van der Waals surface area (Å²) >= 11 is 7.98. The van der Waals surface area contributed by atoms with E-state index < -0.39 is 0 Å². The normalized spacial score (nSPS) is 14.2. The smallest absolute Gasteiger partial charge is 0.126 e. The van der Waals surface area contributed by atoms with E-state index in [0.29, 0.717) is 16.6 Å². The fourth-order valence-electron chi connectivity index (χ4n) is 2.39. The molecule has 0 atom stereocenters. The molecule has 3 nitrogen and oxygen atoms in total. The van der Waals surface area contributed by atoms with Gasteiger partial charge in [-0.2, -0.15) is 0 Å². The third kappa shape index (κ3) is 2.67. The molecule has 0 spiro atoms. The minimum atomic E-state index is 0.0300. The summed E-state index contributed by atoms with van der Waals surface area (Å²) in [6, 6.07) is 10.5. The van der Waals surface area contributed by atoms with Crippen LogP contribution in [-0.4, -0.2) is 11.9 Å². The lowest BCUT2D eigenvalue weighted by Crippen LogP contribution is -2.28. The summed E-state index contributed by atoms with van der Waals surface area (Å²) in [6.07, 6.45) is 2.38. The maximum Gasteiger partial charge on any atom is 0.126 e. The highest BCUT2D eigenvalue weighted by Gasteiger charge is 2.31. The summed E-state index contributed by atoms with van der Waals surface area (Å²) in [6.45, 7) is 0.850. The van der Waals surface area contributed by atoms with Crippen molar-refractivity contribution in [2.75, 3.05) is 4.90 Å². The average molecular weight is 306 g/mol. The summed E-state index contributed by atoms with van der Waals surface area (Å²) in [5.41, 5.74) is 7.35. The van der Waals surface area contributed by atoms with Crippen molar-refractivity contribution in [1.29, 1.82) is 5.41 Å². The van der Waals surface area contributed by atoms with Crippen LogP contribution < -0.4 is 10.6 Å². The number of nitrogens with zero attached hydrogens (tertiary/aromatic N) is 1. The maximum absolute atomic E-state index is 7.79. The highest BCUT2D eigenvalue weighted by atomic mass is 35.5. The molecule has 1 aliphatic rings. The Labute approximate surface area is 127 Å². The molecule has 1 aromatic heterocycles. The highest BCUT2D eigenvalue weighted by Crippen LogP contribution is 2.37. The third-order valence-electron chi connectivity index (χ3n) is 3.46. The van der Waals surface area contributed by atoms with E-state index in [1.807, 2.05) is 12.1 Å². The summed E-state index contributed by atoms with van der Waals surface area (Å²) in [5, 5.41) is 10.4. The minimum Gasteiger partial charge on any atom is -0.384 e. The largest absolute Gasteiger partial charge is 0.384 e. The van der Waals surface area contributed by atoms with Crippen molar-refractivity contribution in [3.8, 4) is 0 Å². The molecular weight excluding hydrogens is 290 g/mol. The Morgan fingerprint density at radius 3 is 2.75 bits per heavy atom. The summed E-state index contributed by atoms with van der Waals surface area (Å²) in [4.78, 5) is 3.64. The van der Waals surface area contributed by atoms with Gasteiger partial charge in [0.1, 0.15) is 5.84 Å². The Kier molecular flexibility index (Phi) is 3.68. The van der Waals surface area contributed by atoms with Gasteiger partial charge >= 0.3 is 0 Å². The summed E-state index contributed by atoms with van der Waals surface area (Å²) < 4.78 is 0. The lowest BCUT2D eigenvalue weighted by Gasteiger charge is -2.27.